The van der Waals surface area contributed by atoms with Crippen molar-refractivity contribution in [1.82, 2.24) is 5.32 Å². The summed E-state index contributed by atoms with van der Waals surface area (Å²) in [6.07, 6.45) is 0. The maximum Gasteiger partial charge on any atom is 0.254 e. The van der Waals surface area contributed by atoms with Gasteiger partial charge in [-0.15, -0.1) is 0 Å². The Bertz CT molecular complexity index is 1010. The summed E-state index contributed by atoms with van der Waals surface area (Å²) in [6.45, 7) is 0. The van der Waals surface area contributed by atoms with Crippen LogP contribution in [0.15, 0.2) is 58.1 Å². The van der Waals surface area contributed by atoms with Crippen LogP contribution in [-0.4, -0.2) is 18.1 Å². The highest BCUT2D eigenvalue weighted by molar-refractivity contribution is 5.99. The largest absolute Gasteiger partial charge is 0.505 e. The summed E-state index contributed by atoms with van der Waals surface area (Å²) in [4.78, 5) is 35.5. The number of amides is 1. The number of carbonyl (C=O) groups is 1. The maximum atomic E-state index is 11.9. The molecule has 3 aromatic carbocycles. The molecule has 0 heterocycles. The Kier molecular flexibility index (Phi) is 4.21. The number of rotatable bonds is 5. The minimum atomic E-state index is -0.692. The van der Waals surface area contributed by atoms with Crippen molar-refractivity contribution in [2.75, 3.05) is 17.7 Å². The molecule has 25 heavy (non-hydrogen) atoms. The van der Waals surface area contributed by atoms with Gasteiger partial charge in [0.1, 0.15) is 11.4 Å². The van der Waals surface area contributed by atoms with Gasteiger partial charge >= 0.3 is 0 Å². The lowest BCUT2D eigenvalue weighted by atomic mass is 10.1. The monoisotopic (exact) mass is 337 g/mol. The number of phenolic OH excluding ortho intramolecular Hbond substituents is 1. The highest BCUT2D eigenvalue weighted by Gasteiger charge is 2.23. The third-order valence-electron chi connectivity index (χ3n) is 3.72. The van der Waals surface area contributed by atoms with Crippen LogP contribution in [0.25, 0.3) is 0 Å². The number of hydrogen-bond donors (Lipinski definition) is 4. The molecule has 7 nitrogen and oxygen atoms in total. The molecule has 0 radical (unpaired) electrons. The van der Waals surface area contributed by atoms with Crippen LogP contribution >= 0.6 is 0 Å². The van der Waals surface area contributed by atoms with Crippen LogP contribution in [0.4, 0.5) is 22.7 Å². The predicted octanol–water partition coefficient (Wildman–Crippen LogP) is 1.83. The zero-order chi connectivity index (χ0) is 18.0. The summed E-state index contributed by atoms with van der Waals surface area (Å²) >= 11 is 0. The molecule has 0 fully saturated rings. The maximum absolute atomic E-state index is 11.9. The van der Waals surface area contributed by atoms with Crippen molar-refractivity contribution >= 4 is 28.7 Å². The summed E-state index contributed by atoms with van der Waals surface area (Å²) in [6, 6.07) is 13.4. The second-order valence-electron chi connectivity index (χ2n) is 5.31. The fourth-order valence-corrected chi connectivity index (χ4v) is 2.39. The van der Waals surface area contributed by atoms with E-state index in [9.17, 15) is 19.5 Å². The second kappa shape index (κ2) is 6.48. The molecule has 0 saturated carbocycles. The predicted molar refractivity (Wildman–Crippen MR) is 95.9 cm³/mol. The van der Waals surface area contributed by atoms with Crippen LogP contribution in [0.1, 0.15) is 10.4 Å². The molecule has 0 atom stereocenters. The third kappa shape index (κ3) is 2.94. The van der Waals surface area contributed by atoms with Gasteiger partial charge in [-0.3, -0.25) is 14.4 Å². The summed E-state index contributed by atoms with van der Waals surface area (Å²) in [5, 5.41) is 18.3. The normalized spacial score (nSPS) is 10.4. The minimum Gasteiger partial charge on any atom is -0.505 e. The van der Waals surface area contributed by atoms with Crippen molar-refractivity contribution in [3.8, 4) is 5.75 Å². The van der Waals surface area contributed by atoms with Crippen molar-refractivity contribution in [1.29, 1.82) is 0 Å². The van der Waals surface area contributed by atoms with Gasteiger partial charge in [-0.05, 0) is 24.3 Å². The van der Waals surface area contributed by atoms with Gasteiger partial charge in [0.15, 0.2) is 5.75 Å². The van der Waals surface area contributed by atoms with Crippen molar-refractivity contribution in [3.63, 3.8) is 0 Å². The highest BCUT2D eigenvalue weighted by Crippen LogP contribution is 2.32. The van der Waals surface area contributed by atoms with Crippen LogP contribution in [0.3, 0.4) is 0 Å². The Balaban J connectivity index is 1.93. The van der Waals surface area contributed by atoms with Crippen molar-refractivity contribution in [2.24, 2.45) is 0 Å². The van der Waals surface area contributed by atoms with E-state index < -0.39 is 16.8 Å². The first-order chi connectivity index (χ1) is 12.0. The molecule has 0 aliphatic heterocycles. The molecule has 4 N–H and O–H groups in total. The third-order valence-corrected chi connectivity index (χ3v) is 3.72. The molecule has 0 aromatic heterocycles. The summed E-state index contributed by atoms with van der Waals surface area (Å²) < 4.78 is 0. The SMILES string of the molecule is CNC(=O)c1cccc(Nc2c(Nc3ccccc3)c(=O)c2=O)c1O. The topological polar surface area (TPSA) is 108 Å². The first kappa shape index (κ1) is 16.3. The number of hydrogen-bond acceptors (Lipinski definition) is 6. The van der Waals surface area contributed by atoms with Crippen LogP contribution < -0.4 is 26.8 Å². The molecule has 7 heteroatoms. The lowest BCUT2D eigenvalue weighted by Gasteiger charge is -2.16. The van der Waals surface area contributed by atoms with Crippen molar-refractivity contribution in [3.05, 3.63) is 74.5 Å². The van der Waals surface area contributed by atoms with Gasteiger partial charge in [-0.1, -0.05) is 24.3 Å². The first-order valence-electron chi connectivity index (χ1n) is 7.49. The lowest BCUT2D eigenvalue weighted by Crippen LogP contribution is -2.35. The Labute approximate surface area is 142 Å². The molecule has 0 aliphatic carbocycles. The number of para-hydroxylation sites is 2. The number of carbonyl (C=O) groups excluding carboxylic acids is 1. The van der Waals surface area contributed by atoms with Gasteiger partial charge in [0, 0.05) is 12.7 Å². The minimum absolute atomic E-state index is 0.0400. The Hall–Kier alpha value is -3.61. The van der Waals surface area contributed by atoms with E-state index in [2.05, 4.69) is 16.0 Å². The molecule has 0 unspecified atom stereocenters. The quantitative estimate of drug-likeness (QED) is 0.418. The number of anilines is 4. The van der Waals surface area contributed by atoms with E-state index >= 15 is 0 Å². The van der Waals surface area contributed by atoms with Gasteiger partial charge in [0.25, 0.3) is 16.8 Å². The van der Waals surface area contributed by atoms with Crippen LogP contribution in [0, 0.1) is 0 Å². The lowest BCUT2D eigenvalue weighted by molar-refractivity contribution is 0.0960. The molecule has 0 saturated heterocycles. The van der Waals surface area contributed by atoms with Gasteiger partial charge < -0.3 is 21.1 Å². The molecule has 0 spiro atoms. The van der Waals surface area contributed by atoms with E-state index in [0.717, 1.165) is 0 Å². The Morgan fingerprint density at radius 3 is 2.16 bits per heavy atom. The van der Waals surface area contributed by atoms with E-state index in [-0.39, 0.29) is 28.4 Å². The van der Waals surface area contributed by atoms with E-state index in [1.807, 2.05) is 6.07 Å². The van der Waals surface area contributed by atoms with Crippen LogP contribution in [0.5, 0.6) is 5.75 Å². The fourth-order valence-electron chi connectivity index (χ4n) is 2.39. The zero-order valence-corrected chi connectivity index (χ0v) is 13.3. The first-order valence-corrected chi connectivity index (χ1v) is 7.49. The molecule has 1 amide bonds. The fraction of sp³-hybridized carbons (Fsp3) is 0.0556. The van der Waals surface area contributed by atoms with Gasteiger partial charge in [0.05, 0.1) is 11.3 Å². The number of benzene rings is 2. The van der Waals surface area contributed by atoms with Gasteiger partial charge in [0.2, 0.25) is 0 Å². The zero-order valence-electron chi connectivity index (χ0n) is 13.3. The molecule has 126 valence electrons. The van der Waals surface area contributed by atoms with E-state index in [4.69, 9.17) is 0 Å². The summed E-state index contributed by atoms with van der Waals surface area (Å²) in [5.41, 5.74) is -0.315. The number of nitrogens with one attached hydrogen (secondary N) is 3. The average molecular weight is 337 g/mol. The summed E-state index contributed by atoms with van der Waals surface area (Å²) in [5.74, 6) is -0.769. The molecule has 0 bridgehead atoms. The van der Waals surface area contributed by atoms with E-state index in [1.54, 1.807) is 30.3 Å². The molecule has 0 aliphatic rings. The highest BCUT2D eigenvalue weighted by atomic mass is 16.3. The standard InChI is InChI=1S/C18H15N3O4/c1-19-18(25)11-8-5-9-12(15(11)22)21-14-13(16(23)17(14)24)20-10-6-3-2-4-7-10/h2-9,20-22H,1H3,(H,19,25). The van der Waals surface area contributed by atoms with Crippen molar-refractivity contribution < 1.29 is 9.90 Å². The second-order valence-corrected chi connectivity index (χ2v) is 5.31. The number of phenols is 1. The van der Waals surface area contributed by atoms with Gasteiger partial charge in [-0.2, -0.15) is 0 Å². The van der Waals surface area contributed by atoms with Crippen LogP contribution in [0.2, 0.25) is 0 Å². The molecule has 3 aromatic rings. The number of aromatic hydroxyl groups is 1. The van der Waals surface area contributed by atoms with Crippen LogP contribution in [-0.2, 0) is 0 Å². The van der Waals surface area contributed by atoms with E-state index in [1.165, 1.54) is 19.2 Å². The molecular formula is C18H15N3O4. The Morgan fingerprint density at radius 1 is 0.880 bits per heavy atom. The Morgan fingerprint density at radius 2 is 1.52 bits per heavy atom. The van der Waals surface area contributed by atoms with Crippen molar-refractivity contribution in [2.45, 2.75) is 0 Å². The smallest absolute Gasteiger partial charge is 0.254 e. The van der Waals surface area contributed by atoms with Gasteiger partial charge in [-0.25, -0.2) is 0 Å². The average Bonchev–Trinajstić information content (AvgIpc) is 2.65. The molecular weight excluding hydrogens is 322 g/mol. The molecule has 3 rings (SSSR count). The summed E-state index contributed by atoms with van der Waals surface area (Å²) in [7, 11) is 1.44. The van der Waals surface area contributed by atoms with E-state index in [0.29, 0.717) is 5.69 Å².